The molecule has 6 heteroatoms. The van der Waals surface area contributed by atoms with Crippen molar-refractivity contribution in [2.45, 2.75) is 38.6 Å². The summed E-state index contributed by atoms with van der Waals surface area (Å²) in [7, 11) is 3.58. The van der Waals surface area contributed by atoms with Gasteiger partial charge in [0.2, 0.25) is 0 Å². The van der Waals surface area contributed by atoms with Crippen LogP contribution >= 0.6 is 0 Å². The van der Waals surface area contributed by atoms with Crippen LogP contribution in [0.5, 0.6) is 11.5 Å². The highest BCUT2D eigenvalue weighted by atomic mass is 16.5. The summed E-state index contributed by atoms with van der Waals surface area (Å²) < 4.78 is 16.7. The van der Waals surface area contributed by atoms with Gasteiger partial charge in [0.05, 0.1) is 13.2 Å². The Kier molecular flexibility index (Phi) is 6.61. The Morgan fingerprint density at radius 2 is 1.96 bits per heavy atom. The van der Waals surface area contributed by atoms with Crippen LogP contribution in [0.25, 0.3) is 0 Å². The van der Waals surface area contributed by atoms with Gasteiger partial charge in [0, 0.05) is 40.3 Å². The molecular formula is C20H31N3O3. The molecule has 2 aliphatic rings. The van der Waals surface area contributed by atoms with E-state index < -0.39 is 0 Å². The van der Waals surface area contributed by atoms with E-state index in [2.05, 4.69) is 21.7 Å². The van der Waals surface area contributed by atoms with Gasteiger partial charge in [-0.1, -0.05) is 12.5 Å². The van der Waals surface area contributed by atoms with E-state index in [9.17, 15) is 0 Å². The number of fused-ring (bicyclic) bond motifs is 1. The van der Waals surface area contributed by atoms with Crippen LogP contribution < -0.4 is 20.1 Å². The highest BCUT2D eigenvalue weighted by Crippen LogP contribution is 2.43. The minimum atomic E-state index is 0.364. The maximum Gasteiger partial charge on any atom is 0.191 e. The standard InChI is InChI=1S/C20H31N3O3/c1-21-19(23-15-20(7-3-8-20)9-12-24-2)22-14-16-5-6-17-18(13-16)26-11-4-10-25-17/h5-6,13H,3-4,7-12,14-15H2,1-2H3,(H2,21,22,23). The molecule has 0 spiro atoms. The second-order valence-corrected chi connectivity index (χ2v) is 7.21. The van der Waals surface area contributed by atoms with Crippen LogP contribution in [0.4, 0.5) is 0 Å². The Hall–Kier alpha value is -1.95. The summed E-state index contributed by atoms with van der Waals surface area (Å²) in [5.41, 5.74) is 1.51. The van der Waals surface area contributed by atoms with Crippen LogP contribution in [-0.4, -0.2) is 46.5 Å². The summed E-state index contributed by atoms with van der Waals surface area (Å²) in [5, 5.41) is 6.89. The number of nitrogens with zero attached hydrogens (tertiary/aromatic N) is 1. The lowest BCUT2D eigenvalue weighted by Crippen LogP contribution is -2.46. The third-order valence-electron chi connectivity index (χ3n) is 5.38. The molecule has 2 N–H and O–H groups in total. The van der Waals surface area contributed by atoms with E-state index in [1.165, 1.54) is 19.3 Å². The summed E-state index contributed by atoms with van der Waals surface area (Å²) in [6.07, 6.45) is 5.87. The van der Waals surface area contributed by atoms with E-state index in [0.29, 0.717) is 25.2 Å². The maximum absolute atomic E-state index is 5.76. The predicted molar refractivity (Wildman–Crippen MR) is 103 cm³/mol. The zero-order valence-electron chi connectivity index (χ0n) is 16.0. The van der Waals surface area contributed by atoms with Gasteiger partial charge in [-0.3, -0.25) is 4.99 Å². The SMILES string of the molecule is CN=C(NCc1ccc2c(c1)OCCCO2)NCC1(CCOC)CCC1. The molecular weight excluding hydrogens is 330 g/mol. The molecule has 1 aliphatic heterocycles. The molecule has 0 radical (unpaired) electrons. The van der Waals surface area contributed by atoms with Gasteiger partial charge in [0.25, 0.3) is 0 Å². The third kappa shape index (κ3) is 4.81. The van der Waals surface area contributed by atoms with Crippen molar-refractivity contribution in [2.75, 3.05) is 40.5 Å². The number of rotatable bonds is 7. The highest BCUT2D eigenvalue weighted by molar-refractivity contribution is 5.79. The highest BCUT2D eigenvalue weighted by Gasteiger charge is 2.36. The normalized spacial score (nSPS) is 18.6. The van der Waals surface area contributed by atoms with Gasteiger partial charge in [-0.2, -0.15) is 0 Å². The van der Waals surface area contributed by atoms with Crippen molar-refractivity contribution in [1.29, 1.82) is 0 Å². The van der Waals surface area contributed by atoms with Crippen LogP contribution in [-0.2, 0) is 11.3 Å². The largest absolute Gasteiger partial charge is 0.490 e. The van der Waals surface area contributed by atoms with E-state index >= 15 is 0 Å². The van der Waals surface area contributed by atoms with Crippen LogP contribution in [0.2, 0.25) is 0 Å². The zero-order chi connectivity index (χ0) is 18.2. The van der Waals surface area contributed by atoms with Gasteiger partial charge >= 0.3 is 0 Å². The monoisotopic (exact) mass is 361 g/mol. The number of benzene rings is 1. The number of hydrogen-bond donors (Lipinski definition) is 2. The smallest absolute Gasteiger partial charge is 0.191 e. The van der Waals surface area contributed by atoms with E-state index in [0.717, 1.165) is 49.0 Å². The molecule has 1 aliphatic carbocycles. The van der Waals surface area contributed by atoms with E-state index in [4.69, 9.17) is 14.2 Å². The average molecular weight is 361 g/mol. The second-order valence-electron chi connectivity index (χ2n) is 7.21. The van der Waals surface area contributed by atoms with Gasteiger partial charge < -0.3 is 24.8 Å². The van der Waals surface area contributed by atoms with Crippen LogP contribution in [0.3, 0.4) is 0 Å². The lowest BCUT2D eigenvalue weighted by Gasteiger charge is -2.42. The first-order valence-corrected chi connectivity index (χ1v) is 9.57. The van der Waals surface area contributed by atoms with E-state index in [1.54, 1.807) is 7.11 Å². The molecule has 144 valence electrons. The van der Waals surface area contributed by atoms with Gasteiger partial charge in [-0.05, 0) is 42.4 Å². The van der Waals surface area contributed by atoms with Crippen LogP contribution in [0.15, 0.2) is 23.2 Å². The van der Waals surface area contributed by atoms with Crippen molar-refractivity contribution < 1.29 is 14.2 Å². The minimum Gasteiger partial charge on any atom is -0.490 e. The number of ether oxygens (including phenoxy) is 3. The number of aliphatic imine (C=N–C) groups is 1. The quantitative estimate of drug-likeness (QED) is 0.577. The van der Waals surface area contributed by atoms with E-state index in [1.807, 2.05) is 19.2 Å². The van der Waals surface area contributed by atoms with Crippen molar-refractivity contribution in [1.82, 2.24) is 10.6 Å². The fourth-order valence-corrected chi connectivity index (χ4v) is 3.51. The molecule has 26 heavy (non-hydrogen) atoms. The summed E-state index contributed by atoms with van der Waals surface area (Å²) >= 11 is 0. The van der Waals surface area contributed by atoms with Crippen LogP contribution in [0.1, 0.15) is 37.7 Å². The molecule has 0 amide bonds. The summed E-state index contributed by atoms with van der Waals surface area (Å²) in [6.45, 7) is 3.88. The molecule has 0 bridgehead atoms. The first-order chi connectivity index (χ1) is 12.7. The Balaban J connectivity index is 1.50. The number of nitrogens with one attached hydrogen (secondary N) is 2. The molecule has 0 saturated heterocycles. The molecule has 1 aromatic rings. The average Bonchev–Trinajstić information content (AvgIpc) is 2.87. The second kappa shape index (κ2) is 9.12. The molecule has 0 aromatic heterocycles. The lowest BCUT2D eigenvalue weighted by atomic mass is 9.67. The molecule has 1 fully saturated rings. The fourth-order valence-electron chi connectivity index (χ4n) is 3.51. The van der Waals surface area contributed by atoms with Crippen molar-refractivity contribution in [3.8, 4) is 11.5 Å². The van der Waals surface area contributed by atoms with Crippen molar-refractivity contribution in [3.05, 3.63) is 23.8 Å². The van der Waals surface area contributed by atoms with Gasteiger partial charge in [-0.15, -0.1) is 0 Å². The van der Waals surface area contributed by atoms with Crippen molar-refractivity contribution >= 4 is 5.96 Å². The summed E-state index contributed by atoms with van der Waals surface area (Å²) in [5.74, 6) is 2.50. The molecule has 1 aromatic carbocycles. The lowest BCUT2D eigenvalue weighted by molar-refractivity contribution is 0.0732. The number of methoxy groups -OCH3 is 1. The maximum atomic E-state index is 5.76. The van der Waals surface area contributed by atoms with Gasteiger partial charge in [0.1, 0.15) is 0 Å². The third-order valence-corrected chi connectivity index (χ3v) is 5.38. The first-order valence-electron chi connectivity index (χ1n) is 9.57. The zero-order valence-corrected chi connectivity index (χ0v) is 16.0. The predicted octanol–water partition coefficient (Wildman–Crippen LogP) is 2.72. The Bertz CT molecular complexity index is 614. The number of guanidine groups is 1. The van der Waals surface area contributed by atoms with E-state index in [-0.39, 0.29) is 0 Å². The van der Waals surface area contributed by atoms with Crippen molar-refractivity contribution in [3.63, 3.8) is 0 Å². The summed E-state index contributed by atoms with van der Waals surface area (Å²) in [4.78, 5) is 4.35. The summed E-state index contributed by atoms with van der Waals surface area (Å²) in [6, 6.07) is 6.11. The minimum absolute atomic E-state index is 0.364. The Morgan fingerprint density at radius 1 is 1.15 bits per heavy atom. The van der Waals surface area contributed by atoms with Crippen molar-refractivity contribution in [2.24, 2.45) is 10.4 Å². The molecule has 6 nitrogen and oxygen atoms in total. The molecule has 0 unspecified atom stereocenters. The number of hydrogen-bond acceptors (Lipinski definition) is 4. The topological polar surface area (TPSA) is 64.1 Å². The molecule has 0 atom stereocenters. The Labute approximate surface area is 156 Å². The Morgan fingerprint density at radius 3 is 2.65 bits per heavy atom. The molecule has 1 saturated carbocycles. The molecule has 3 rings (SSSR count). The van der Waals surface area contributed by atoms with Crippen LogP contribution in [0, 0.1) is 5.41 Å². The fraction of sp³-hybridized carbons (Fsp3) is 0.650. The first kappa shape index (κ1) is 18.8. The molecule has 1 heterocycles. The van der Waals surface area contributed by atoms with Gasteiger partial charge in [-0.25, -0.2) is 0 Å². The van der Waals surface area contributed by atoms with Gasteiger partial charge in [0.15, 0.2) is 17.5 Å².